The van der Waals surface area contributed by atoms with Crippen LogP contribution in [0.1, 0.15) is 25.5 Å². The van der Waals surface area contributed by atoms with E-state index >= 15 is 0 Å². The number of nitrogens with two attached hydrogens (primary N) is 1. The molecule has 1 aliphatic rings. The van der Waals surface area contributed by atoms with Crippen LogP contribution in [0, 0.1) is 0 Å². The lowest BCUT2D eigenvalue weighted by molar-refractivity contribution is 0.229. The molecule has 26 heavy (non-hydrogen) atoms. The van der Waals surface area contributed by atoms with E-state index in [0.29, 0.717) is 17.3 Å². The first-order valence-corrected chi connectivity index (χ1v) is 8.99. The number of nitrogen functional groups attached to an aromatic ring is 1. The van der Waals surface area contributed by atoms with E-state index in [1.165, 1.54) is 0 Å². The molecule has 1 aromatic heterocycles. The maximum absolute atomic E-state index is 11.8. The minimum absolute atomic E-state index is 0.130. The molecule has 0 unspecified atom stereocenters. The lowest BCUT2D eigenvalue weighted by atomic mass is 10.1. The number of aromatic nitrogens is 2. The predicted molar refractivity (Wildman–Crippen MR) is 102 cm³/mol. The second-order valence-corrected chi connectivity index (χ2v) is 7.31. The Labute approximate surface area is 155 Å². The summed E-state index contributed by atoms with van der Waals surface area (Å²) < 4.78 is 9.15. The van der Waals surface area contributed by atoms with Crippen LogP contribution >= 0.6 is 12.0 Å². The van der Waals surface area contributed by atoms with Gasteiger partial charge in [0.2, 0.25) is 0 Å². The van der Waals surface area contributed by atoms with Crippen molar-refractivity contribution < 1.29 is 14.5 Å². The summed E-state index contributed by atoms with van der Waals surface area (Å²) in [5.41, 5.74) is 7.99. The van der Waals surface area contributed by atoms with Gasteiger partial charge >= 0.3 is 6.03 Å². The van der Waals surface area contributed by atoms with Crippen LogP contribution in [-0.4, -0.2) is 38.3 Å². The number of rotatable bonds is 6. The largest absolute Gasteiger partial charge is 0.394 e. The fraction of sp³-hybridized carbons (Fsp3) is 0.353. The highest BCUT2D eigenvalue weighted by Crippen LogP contribution is 2.55. The molecule has 2 amide bonds. The summed E-state index contributed by atoms with van der Waals surface area (Å²) >= 11 is 0.802. The van der Waals surface area contributed by atoms with Crippen molar-refractivity contribution in [2.45, 2.75) is 30.6 Å². The maximum atomic E-state index is 11.8. The van der Waals surface area contributed by atoms with E-state index in [-0.39, 0.29) is 17.4 Å². The molecule has 2 aromatic rings. The highest BCUT2D eigenvalue weighted by molar-refractivity contribution is 7.95. The van der Waals surface area contributed by atoms with Crippen molar-refractivity contribution in [1.29, 1.82) is 0 Å². The summed E-state index contributed by atoms with van der Waals surface area (Å²) in [6.45, 7) is 1.57. The Bertz CT molecular complexity index is 795. The van der Waals surface area contributed by atoms with Crippen LogP contribution in [-0.2, 0) is 4.75 Å². The number of hydrogen-bond donors (Lipinski definition) is 5. The molecule has 1 heterocycles. The molecule has 0 spiro atoms. The molecule has 0 aliphatic heterocycles. The van der Waals surface area contributed by atoms with E-state index in [1.54, 1.807) is 37.3 Å². The molecule has 9 heteroatoms. The number of anilines is 2. The van der Waals surface area contributed by atoms with Gasteiger partial charge in [0.1, 0.15) is 5.82 Å². The zero-order valence-electron chi connectivity index (χ0n) is 14.3. The lowest BCUT2D eigenvalue weighted by Gasteiger charge is -2.13. The van der Waals surface area contributed by atoms with Gasteiger partial charge < -0.3 is 26.0 Å². The molecular formula is C17H21N5O3S. The van der Waals surface area contributed by atoms with Crippen molar-refractivity contribution in [3.05, 3.63) is 36.0 Å². The van der Waals surface area contributed by atoms with E-state index in [2.05, 4.69) is 20.6 Å². The van der Waals surface area contributed by atoms with E-state index in [1.807, 2.05) is 0 Å². The molecule has 3 rings (SSSR count). The number of carbonyl (C=O) groups excluding carboxylic acids is 1. The zero-order chi connectivity index (χ0) is 18.7. The number of aliphatic hydroxyl groups excluding tert-OH is 1. The Morgan fingerprint density at radius 1 is 1.35 bits per heavy atom. The van der Waals surface area contributed by atoms with Crippen molar-refractivity contribution >= 4 is 29.6 Å². The number of benzene rings is 1. The first-order chi connectivity index (χ1) is 12.5. The number of amides is 2. The summed E-state index contributed by atoms with van der Waals surface area (Å²) in [7, 11) is 0. The molecule has 1 aliphatic carbocycles. The number of aliphatic hydroxyl groups is 1. The van der Waals surface area contributed by atoms with Gasteiger partial charge in [0, 0.05) is 29.4 Å². The van der Waals surface area contributed by atoms with E-state index in [4.69, 9.17) is 10.8 Å². The second kappa shape index (κ2) is 7.48. The van der Waals surface area contributed by atoms with E-state index in [0.717, 1.165) is 36.1 Å². The first kappa shape index (κ1) is 18.4. The van der Waals surface area contributed by atoms with Gasteiger partial charge in [-0.05, 0) is 44.0 Å². The molecule has 1 atom stereocenters. The van der Waals surface area contributed by atoms with Gasteiger partial charge in [-0.2, -0.15) is 0 Å². The number of carbonyl (C=O) groups is 1. The van der Waals surface area contributed by atoms with Crippen molar-refractivity contribution in [3.63, 3.8) is 0 Å². The SMILES string of the molecule is C[C@H](CO)NC(=O)Nc1ccc(-c2nc(N)cc(C3(SO)CC3)n2)cc1. The number of hydrogen-bond acceptors (Lipinski definition) is 7. The zero-order valence-corrected chi connectivity index (χ0v) is 15.1. The Hall–Kier alpha value is -2.36. The summed E-state index contributed by atoms with van der Waals surface area (Å²) in [5, 5.41) is 14.2. The van der Waals surface area contributed by atoms with Gasteiger partial charge in [0.15, 0.2) is 5.82 Å². The highest BCUT2D eigenvalue weighted by atomic mass is 32.2. The molecule has 8 nitrogen and oxygen atoms in total. The van der Waals surface area contributed by atoms with Crippen LogP contribution in [0.4, 0.5) is 16.3 Å². The van der Waals surface area contributed by atoms with Gasteiger partial charge in [-0.15, -0.1) is 0 Å². The van der Waals surface area contributed by atoms with Gasteiger partial charge in [-0.3, -0.25) is 0 Å². The van der Waals surface area contributed by atoms with E-state index < -0.39 is 6.03 Å². The number of nitrogens with zero attached hydrogens (tertiary/aromatic N) is 2. The van der Waals surface area contributed by atoms with Gasteiger partial charge in [-0.25, -0.2) is 14.8 Å². The van der Waals surface area contributed by atoms with Crippen molar-refractivity contribution in [2.24, 2.45) is 0 Å². The number of nitrogens with one attached hydrogen (secondary N) is 2. The second-order valence-electron chi connectivity index (χ2n) is 6.35. The van der Waals surface area contributed by atoms with Gasteiger partial charge in [-0.1, -0.05) is 0 Å². The third kappa shape index (κ3) is 4.06. The quantitative estimate of drug-likeness (QED) is 0.490. The van der Waals surface area contributed by atoms with Gasteiger partial charge in [0.05, 0.1) is 23.1 Å². The van der Waals surface area contributed by atoms with Crippen LogP contribution in [0.5, 0.6) is 0 Å². The van der Waals surface area contributed by atoms with Crippen molar-refractivity contribution in [1.82, 2.24) is 15.3 Å². The smallest absolute Gasteiger partial charge is 0.319 e. The molecular weight excluding hydrogens is 354 g/mol. The fourth-order valence-electron chi connectivity index (χ4n) is 2.48. The maximum Gasteiger partial charge on any atom is 0.319 e. The van der Waals surface area contributed by atoms with Crippen LogP contribution in [0.2, 0.25) is 0 Å². The molecule has 6 N–H and O–H groups in total. The van der Waals surface area contributed by atoms with Crippen molar-refractivity contribution in [3.8, 4) is 11.4 Å². The predicted octanol–water partition coefficient (Wildman–Crippen LogP) is 2.42. The molecule has 138 valence electrons. The average molecular weight is 375 g/mol. The summed E-state index contributed by atoms with van der Waals surface area (Å²) in [4.78, 5) is 20.6. The highest BCUT2D eigenvalue weighted by Gasteiger charge is 2.47. The van der Waals surface area contributed by atoms with Crippen LogP contribution < -0.4 is 16.4 Å². The topological polar surface area (TPSA) is 133 Å². The van der Waals surface area contributed by atoms with Crippen LogP contribution in [0.25, 0.3) is 11.4 Å². The number of urea groups is 1. The molecule has 1 fully saturated rings. The van der Waals surface area contributed by atoms with Crippen molar-refractivity contribution in [2.75, 3.05) is 17.7 Å². The third-order valence-corrected chi connectivity index (χ3v) is 5.11. The summed E-state index contributed by atoms with van der Waals surface area (Å²) in [6, 6.07) is 8.02. The molecule has 0 bridgehead atoms. The molecule has 1 aromatic carbocycles. The third-order valence-electron chi connectivity index (χ3n) is 4.14. The van der Waals surface area contributed by atoms with Gasteiger partial charge in [0.25, 0.3) is 0 Å². The average Bonchev–Trinajstić information content (AvgIpc) is 3.43. The minimum Gasteiger partial charge on any atom is -0.394 e. The fourth-order valence-corrected chi connectivity index (χ4v) is 2.96. The molecule has 0 radical (unpaired) electrons. The van der Waals surface area contributed by atoms with Crippen LogP contribution in [0.3, 0.4) is 0 Å². The Morgan fingerprint density at radius 2 is 2.04 bits per heavy atom. The first-order valence-electron chi connectivity index (χ1n) is 8.22. The molecule has 1 saturated carbocycles. The lowest BCUT2D eigenvalue weighted by Crippen LogP contribution is -2.38. The minimum atomic E-state index is -0.391. The summed E-state index contributed by atoms with van der Waals surface area (Å²) in [5.74, 6) is 0.829. The standard InChI is InChI=1S/C17H21N5O3S/c1-10(9-23)19-16(24)20-12-4-2-11(3-5-12)15-21-13(8-14(18)22-15)17(26-25)6-7-17/h2-5,8,10,23,25H,6-7,9H2,1H3,(H2,18,21,22)(H2,19,20,24)/t10-/m1/s1. The monoisotopic (exact) mass is 375 g/mol. The molecule has 0 saturated heterocycles. The Kier molecular flexibility index (Phi) is 5.30. The normalized spacial score (nSPS) is 16.0. The van der Waals surface area contributed by atoms with E-state index in [9.17, 15) is 9.35 Å². The Morgan fingerprint density at radius 3 is 2.62 bits per heavy atom. The van der Waals surface area contributed by atoms with Crippen LogP contribution in [0.15, 0.2) is 30.3 Å². The Balaban J connectivity index is 1.76. The summed E-state index contributed by atoms with van der Waals surface area (Å²) in [6.07, 6.45) is 1.71.